The molecule has 0 aliphatic carbocycles. The van der Waals surface area contributed by atoms with E-state index in [9.17, 15) is 9.18 Å². The molecule has 0 fully saturated rings. The Morgan fingerprint density at radius 2 is 1.81 bits per heavy atom. The third-order valence-electron chi connectivity index (χ3n) is 4.02. The first-order valence-corrected chi connectivity index (χ1v) is 8.87. The average molecular weight is 367 g/mol. The summed E-state index contributed by atoms with van der Waals surface area (Å²) >= 11 is 0. The van der Waals surface area contributed by atoms with E-state index >= 15 is 0 Å². The molecule has 1 N–H and O–H groups in total. The Labute approximate surface area is 157 Å². The number of oxazole rings is 1. The van der Waals surface area contributed by atoms with Gasteiger partial charge in [0.1, 0.15) is 12.1 Å². The SMILES string of the molecule is CCNC(=O)c1coc(CN(Cc2ccccc2)Cc2cccc(F)c2)n1. The van der Waals surface area contributed by atoms with Gasteiger partial charge >= 0.3 is 0 Å². The first-order valence-electron chi connectivity index (χ1n) is 8.87. The lowest BCUT2D eigenvalue weighted by molar-refractivity contribution is 0.0950. The second-order valence-electron chi connectivity index (χ2n) is 6.25. The van der Waals surface area contributed by atoms with E-state index in [4.69, 9.17) is 4.42 Å². The van der Waals surface area contributed by atoms with Gasteiger partial charge in [-0.15, -0.1) is 0 Å². The molecule has 0 atom stereocenters. The molecule has 6 heteroatoms. The van der Waals surface area contributed by atoms with Crippen LogP contribution in [0.4, 0.5) is 4.39 Å². The Morgan fingerprint density at radius 1 is 1.07 bits per heavy atom. The van der Waals surface area contributed by atoms with E-state index < -0.39 is 0 Å². The van der Waals surface area contributed by atoms with Crippen molar-refractivity contribution in [1.29, 1.82) is 0 Å². The van der Waals surface area contributed by atoms with E-state index in [2.05, 4.69) is 15.2 Å². The quantitative estimate of drug-likeness (QED) is 0.658. The van der Waals surface area contributed by atoms with Gasteiger partial charge in [-0.1, -0.05) is 42.5 Å². The molecule has 1 amide bonds. The Kier molecular flexibility index (Phi) is 6.33. The number of aromatic nitrogens is 1. The minimum atomic E-state index is -0.262. The third-order valence-corrected chi connectivity index (χ3v) is 4.02. The van der Waals surface area contributed by atoms with E-state index in [1.807, 2.05) is 43.3 Å². The molecule has 0 aliphatic rings. The maximum Gasteiger partial charge on any atom is 0.273 e. The molecule has 1 heterocycles. The minimum absolute atomic E-state index is 0.257. The fourth-order valence-electron chi connectivity index (χ4n) is 2.83. The van der Waals surface area contributed by atoms with Gasteiger partial charge in [0.25, 0.3) is 5.91 Å². The lowest BCUT2D eigenvalue weighted by Crippen LogP contribution is -2.24. The molecule has 3 rings (SSSR count). The molecule has 1 aromatic heterocycles. The maximum atomic E-state index is 13.5. The lowest BCUT2D eigenvalue weighted by Gasteiger charge is -2.21. The molecular weight excluding hydrogens is 345 g/mol. The summed E-state index contributed by atoms with van der Waals surface area (Å²) in [5.74, 6) is -0.0716. The van der Waals surface area contributed by atoms with Crippen LogP contribution >= 0.6 is 0 Å². The Bertz CT molecular complexity index is 880. The predicted molar refractivity (Wildman–Crippen MR) is 100 cm³/mol. The van der Waals surface area contributed by atoms with Gasteiger partial charge in [-0.25, -0.2) is 9.37 Å². The van der Waals surface area contributed by atoms with E-state index in [0.29, 0.717) is 32.1 Å². The number of amides is 1. The van der Waals surface area contributed by atoms with Crippen molar-refractivity contribution >= 4 is 5.91 Å². The average Bonchev–Trinajstić information content (AvgIpc) is 3.11. The lowest BCUT2D eigenvalue weighted by atomic mass is 10.1. The van der Waals surface area contributed by atoms with Crippen LogP contribution in [-0.2, 0) is 19.6 Å². The van der Waals surface area contributed by atoms with Crippen molar-refractivity contribution in [2.45, 2.75) is 26.6 Å². The highest BCUT2D eigenvalue weighted by atomic mass is 19.1. The molecular formula is C21H22FN3O2. The number of carbonyl (C=O) groups is 1. The molecule has 0 bridgehead atoms. The van der Waals surface area contributed by atoms with Gasteiger partial charge in [0.2, 0.25) is 5.89 Å². The number of hydrogen-bond acceptors (Lipinski definition) is 4. The minimum Gasteiger partial charge on any atom is -0.447 e. The van der Waals surface area contributed by atoms with Crippen molar-refractivity contribution < 1.29 is 13.6 Å². The Balaban J connectivity index is 1.76. The molecule has 0 saturated carbocycles. The smallest absolute Gasteiger partial charge is 0.273 e. The molecule has 0 saturated heterocycles. The Hall–Kier alpha value is -2.99. The second-order valence-corrected chi connectivity index (χ2v) is 6.25. The standard InChI is InChI=1S/C21H22FN3O2/c1-2-23-21(26)19-15-27-20(24-19)14-25(12-16-7-4-3-5-8-16)13-17-9-6-10-18(22)11-17/h3-11,15H,2,12-14H2,1H3,(H,23,26). The molecule has 27 heavy (non-hydrogen) atoms. The summed E-state index contributed by atoms with van der Waals surface area (Å²) < 4.78 is 19.0. The van der Waals surface area contributed by atoms with Gasteiger partial charge in [0, 0.05) is 19.6 Å². The monoisotopic (exact) mass is 367 g/mol. The molecule has 0 unspecified atom stereocenters. The van der Waals surface area contributed by atoms with Crippen LogP contribution in [-0.4, -0.2) is 22.3 Å². The number of rotatable bonds is 8. The van der Waals surface area contributed by atoms with Crippen molar-refractivity contribution in [3.8, 4) is 0 Å². The van der Waals surface area contributed by atoms with Crippen LogP contribution < -0.4 is 5.32 Å². The van der Waals surface area contributed by atoms with Crippen molar-refractivity contribution in [1.82, 2.24) is 15.2 Å². The van der Waals surface area contributed by atoms with Crippen LogP contribution in [0.25, 0.3) is 0 Å². The highest BCUT2D eigenvalue weighted by Gasteiger charge is 2.15. The summed E-state index contributed by atoms with van der Waals surface area (Å²) in [5.41, 5.74) is 2.25. The van der Waals surface area contributed by atoms with Crippen LogP contribution in [0.1, 0.15) is 34.4 Å². The number of halogens is 1. The highest BCUT2D eigenvalue weighted by molar-refractivity contribution is 5.91. The highest BCUT2D eigenvalue weighted by Crippen LogP contribution is 2.15. The van der Waals surface area contributed by atoms with E-state index in [1.165, 1.54) is 18.4 Å². The number of nitrogens with zero attached hydrogens (tertiary/aromatic N) is 2. The topological polar surface area (TPSA) is 58.4 Å². The normalized spacial score (nSPS) is 10.9. The summed E-state index contributed by atoms with van der Waals surface area (Å²) in [6.45, 7) is 3.97. The van der Waals surface area contributed by atoms with Gasteiger partial charge in [0.05, 0.1) is 6.54 Å². The first-order chi connectivity index (χ1) is 13.1. The van der Waals surface area contributed by atoms with Gasteiger partial charge in [-0.2, -0.15) is 0 Å². The maximum absolute atomic E-state index is 13.5. The van der Waals surface area contributed by atoms with E-state index in [0.717, 1.165) is 11.1 Å². The van der Waals surface area contributed by atoms with Crippen LogP contribution in [0.15, 0.2) is 65.3 Å². The summed E-state index contributed by atoms with van der Waals surface area (Å²) in [4.78, 5) is 18.2. The van der Waals surface area contributed by atoms with Crippen molar-refractivity contribution in [3.05, 3.63) is 89.4 Å². The zero-order valence-electron chi connectivity index (χ0n) is 15.2. The van der Waals surface area contributed by atoms with Gasteiger partial charge in [0.15, 0.2) is 5.69 Å². The number of benzene rings is 2. The molecule has 0 aliphatic heterocycles. The molecule has 0 spiro atoms. The van der Waals surface area contributed by atoms with Gasteiger partial charge in [-0.3, -0.25) is 9.69 Å². The van der Waals surface area contributed by atoms with Gasteiger partial charge < -0.3 is 9.73 Å². The largest absolute Gasteiger partial charge is 0.447 e. The first kappa shape index (κ1) is 18.8. The number of carbonyl (C=O) groups excluding carboxylic acids is 1. The fourth-order valence-corrected chi connectivity index (χ4v) is 2.83. The molecule has 140 valence electrons. The summed E-state index contributed by atoms with van der Waals surface area (Å²) in [6, 6.07) is 16.5. The van der Waals surface area contributed by atoms with Crippen LogP contribution in [0.5, 0.6) is 0 Å². The fraction of sp³-hybridized carbons (Fsp3) is 0.238. The van der Waals surface area contributed by atoms with E-state index in [-0.39, 0.29) is 17.4 Å². The Morgan fingerprint density at radius 3 is 2.56 bits per heavy atom. The zero-order valence-corrected chi connectivity index (χ0v) is 15.2. The van der Waals surface area contributed by atoms with E-state index in [1.54, 1.807) is 6.07 Å². The summed E-state index contributed by atoms with van der Waals surface area (Å²) in [5, 5.41) is 2.70. The van der Waals surface area contributed by atoms with Crippen molar-refractivity contribution in [2.24, 2.45) is 0 Å². The van der Waals surface area contributed by atoms with Crippen molar-refractivity contribution in [2.75, 3.05) is 6.54 Å². The van der Waals surface area contributed by atoms with Crippen LogP contribution in [0.2, 0.25) is 0 Å². The molecule has 3 aromatic rings. The summed E-state index contributed by atoms with van der Waals surface area (Å²) in [6.07, 6.45) is 1.36. The molecule has 2 aromatic carbocycles. The number of nitrogens with one attached hydrogen (secondary N) is 1. The second kappa shape index (κ2) is 9.09. The summed E-state index contributed by atoms with van der Waals surface area (Å²) in [7, 11) is 0. The van der Waals surface area contributed by atoms with Gasteiger partial charge in [-0.05, 0) is 30.2 Å². The van der Waals surface area contributed by atoms with Crippen LogP contribution in [0.3, 0.4) is 0 Å². The molecule has 0 radical (unpaired) electrons. The zero-order chi connectivity index (χ0) is 19.1. The predicted octanol–water partition coefficient (Wildman–Crippen LogP) is 3.77. The number of hydrogen-bond donors (Lipinski definition) is 1. The van der Waals surface area contributed by atoms with Crippen molar-refractivity contribution in [3.63, 3.8) is 0 Å². The van der Waals surface area contributed by atoms with Crippen LogP contribution in [0, 0.1) is 5.82 Å². The molecule has 5 nitrogen and oxygen atoms in total. The third kappa shape index (κ3) is 5.49.